The Morgan fingerprint density at radius 1 is 1.53 bits per heavy atom. The van der Waals surface area contributed by atoms with Gasteiger partial charge in [0.2, 0.25) is 5.95 Å². The maximum absolute atomic E-state index is 5.83. The van der Waals surface area contributed by atoms with Crippen LogP contribution in [0.1, 0.15) is 20.3 Å². The Morgan fingerprint density at radius 3 is 2.76 bits per heavy atom. The zero-order valence-corrected chi connectivity index (χ0v) is 11.0. The van der Waals surface area contributed by atoms with Crippen molar-refractivity contribution < 1.29 is 4.74 Å². The van der Waals surface area contributed by atoms with Crippen LogP contribution < -0.4 is 11.1 Å². The number of ether oxygens (including phenoxy) is 1. The summed E-state index contributed by atoms with van der Waals surface area (Å²) in [6.45, 7) is 4.32. The van der Waals surface area contributed by atoms with Gasteiger partial charge in [0.05, 0.1) is 6.10 Å². The first-order valence-electron chi connectivity index (χ1n) is 5.53. The summed E-state index contributed by atoms with van der Waals surface area (Å²) in [5.41, 5.74) is 5.61. The van der Waals surface area contributed by atoms with Gasteiger partial charge >= 0.3 is 0 Å². The molecule has 2 unspecified atom stereocenters. The third-order valence-electron chi connectivity index (χ3n) is 3.50. The molecule has 1 aromatic heterocycles. The molecule has 0 aromatic carbocycles. The molecule has 3 N–H and O–H groups in total. The molecule has 1 aliphatic carbocycles. The molecule has 94 valence electrons. The molecule has 1 aliphatic rings. The summed E-state index contributed by atoms with van der Waals surface area (Å²) < 4.78 is 5.39. The average Bonchev–Trinajstić information content (AvgIpc) is 2.22. The highest BCUT2D eigenvalue weighted by atomic mass is 35.5. The van der Waals surface area contributed by atoms with Crippen LogP contribution in [0.4, 0.5) is 11.8 Å². The number of hydrogen-bond donors (Lipinski definition) is 2. The first-order chi connectivity index (χ1) is 7.93. The van der Waals surface area contributed by atoms with Crippen molar-refractivity contribution in [2.75, 3.05) is 18.2 Å². The molecule has 0 bridgehead atoms. The minimum Gasteiger partial charge on any atom is -0.381 e. The van der Waals surface area contributed by atoms with Gasteiger partial charge in [-0.15, -0.1) is 0 Å². The smallest absolute Gasteiger partial charge is 0.223 e. The van der Waals surface area contributed by atoms with Crippen molar-refractivity contribution in [3.05, 3.63) is 11.2 Å². The van der Waals surface area contributed by atoms with E-state index in [2.05, 4.69) is 29.1 Å². The highest BCUT2D eigenvalue weighted by Crippen LogP contribution is 2.43. The predicted molar refractivity (Wildman–Crippen MR) is 68.1 cm³/mol. The Morgan fingerprint density at radius 2 is 2.24 bits per heavy atom. The van der Waals surface area contributed by atoms with Gasteiger partial charge in [-0.05, 0) is 6.42 Å². The molecular weight excluding hydrogens is 240 g/mol. The minimum absolute atomic E-state index is 0.0704. The van der Waals surface area contributed by atoms with Crippen LogP contribution in [0.5, 0.6) is 0 Å². The van der Waals surface area contributed by atoms with Gasteiger partial charge in [0.25, 0.3) is 0 Å². The van der Waals surface area contributed by atoms with E-state index in [1.54, 1.807) is 13.2 Å². The van der Waals surface area contributed by atoms with E-state index in [0.717, 1.165) is 6.42 Å². The van der Waals surface area contributed by atoms with E-state index in [4.69, 9.17) is 22.1 Å². The predicted octanol–water partition coefficient (Wildman–Crippen LogP) is 1.94. The van der Waals surface area contributed by atoms with Crippen LogP contribution in [0.3, 0.4) is 0 Å². The first-order valence-corrected chi connectivity index (χ1v) is 5.90. The van der Waals surface area contributed by atoms with Gasteiger partial charge in [-0.1, -0.05) is 25.4 Å². The van der Waals surface area contributed by atoms with Crippen LogP contribution >= 0.6 is 11.6 Å². The largest absolute Gasteiger partial charge is 0.381 e. The number of anilines is 2. The van der Waals surface area contributed by atoms with E-state index in [1.165, 1.54) is 0 Å². The molecule has 6 heteroatoms. The van der Waals surface area contributed by atoms with Crippen molar-refractivity contribution in [3.63, 3.8) is 0 Å². The van der Waals surface area contributed by atoms with E-state index in [1.807, 2.05) is 0 Å². The van der Waals surface area contributed by atoms with Gasteiger partial charge in [-0.3, -0.25) is 0 Å². The summed E-state index contributed by atoms with van der Waals surface area (Å²) in [5.74, 6) is 0.843. The Kier molecular flexibility index (Phi) is 3.14. The summed E-state index contributed by atoms with van der Waals surface area (Å²) in [6, 6.07) is 1.98. The molecular formula is C11H17ClN4O. The molecule has 17 heavy (non-hydrogen) atoms. The number of nitrogen functional groups attached to an aromatic ring is 1. The Balaban J connectivity index is 2.08. The highest BCUT2D eigenvalue weighted by molar-refractivity contribution is 6.29. The third kappa shape index (κ3) is 2.30. The average molecular weight is 257 g/mol. The topological polar surface area (TPSA) is 73.1 Å². The highest BCUT2D eigenvalue weighted by Gasteiger charge is 2.48. The maximum atomic E-state index is 5.83. The van der Waals surface area contributed by atoms with Gasteiger partial charge in [0, 0.05) is 24.6 Å². The van der Waals surface area contributed by atoms with E-state index in [0.29, 0.717) is 17.0 Å². The standard InChI is InChI=1S/C11H17ClN4O/c1-11(2)6(4-7(11)17-3)14-9-5-8(12)15-10(13)16-9/h5-7H,4H2,1-3H3,(H3,13,14,15,16). The molecule has 5 nitrogen and oxygen atoms in total. The number of nitrogens with one attached hydrogen (secondary N) is 1. The number of aromatic nitrogens is 2. The summed E-state index contributed by atoms with van der Waals surface area (Å²) in [4.78, 5) is 7.92. The van der Waals surface area contributed by atoms with Crippen molar-refractivity contribution in [2.45, 2.75) is 32.4 Å². The third-order valence-corrected chi connectivity index (χ3v) is 3.69. The fourth-order valence-electron chi connectivity index (χ4n) is 2.22. The Hall–Kier alpha value is -1.07. The molecule has 0 radical (unpaired) electrons. The first kappa shape index (κ1) is 12.4. The number of nitrogens with two attached hydrogens (primary N) is 1. The zero-order valence-electron chi connectivity index (χ0n) is 10.2. The number of halogens is 1. The van der Waals surface area contributed by atoms with Gasteiger partial charge in [-0.25, -0.2) is 4.98 Å². The second-order valence-corrected chi connectivity index (χ2v) is 5.30. The van der Waals surface area contributed by atoms with Gasteiger partial charge in [0.1, 0.15) is 11.0 Å². The lowest BCUT2D eigenvalue weighted by atomic mass is 9.64. The normalized spacial score (nSPS) is 26.4. The lowest BCUT2D eigenvalue weighted by molar-refractivity contribution is -0.0795. The van der Waals surface area contributed by atoms with Crippen LogP contribution in [0.25, 0.3) is 0 Å². The second kappa shape index (κ2) is 4.31. The van der Waals surface area contributed by atoms with Crippen LogP contribution in [0, 0.1) is 5.41 Å². The van der Waals surface area contributed by atoms with Crippen molar-refractivity contribution in [3.8, 4) is 0 Å². The molecule has 0 aliphatic heterocycles. The monoisotopic (exact) mass is 256 g/mol. The summed E-state index contributed by atoms with van der Waals surface area (Å²) in [6.07, 6.45) is 1.22. The Bertz CT molecular complexity index is 404. The molecule has 2 rings (SSSR count). The molecule has 0 amide bonds. The number of rotatable bonds is 3. The molecule has 0 spiro atoms. The second-order valence-electron chi connectivity index (χ2n) is 4.91. The molecule has 1 aromatic rings. The molecule has 1 saturated carbocycles. The zero-order chi connectivity index (χ0) is 12.6. The van der Waals surface area contributed by atoms with Crippen LogP contribution in [-0.2, 0) is 4.74 Å². The van der Waals surface area contributed by atoms with Crippen LogP contribution in [0.2, 0.25) is 5.15 Å². The van der Waals surface area contributed by atoms with Gasteiger partial charge < -0.3 is 15.8 Å². The fraction of sp³-hybridized carbons (Fsp3) is 0.636. The van der Waals surface area contributed by atoms with Gasteiger partial charge in [-0.2, -0.15) is 4.98 Å². The van der Waals surface area contributed by atoms with Gasteiger partial charge in [0.15, 0.2) is 0 Å². The minimum atomic E-state index is 0.0704. The summed E-state index contributed by atoms with van der Waals surface area (Å²) in [5, 5.41) is 3.67. The molecule has 0 saturated heterocycles. The summed E-state index contributed by atoms with van der Waals surface area (Å²) in [7, 11) is 1.74. The van der Waals surface area contributed by atoms with Crippen LogP contribution in [0.15, 0.2) is 6.07 Å². The number of nitrogens with zero attached hydrogens (tertiary/aromatic N) is 2. The quantitative estimate of drug-likeness (QED) is 0.809. The van der Waals surface area contributed by atoms with E-state index < -0.39 is 0 Å². The van der Waals surface area contributed by atoms with Crippen molar-refractivity contribution >= 4 is 23.4 Å². The lowest BCUT2D eigenvalue weighted by Gasteiger charge is -2.51. The number of methoxy groups -OCH3 is 1. The molecule has 1 heterocycles. The lowest BCUT2D eigenvalue weighted by Crippen LogP contribution is -2.57. The van der Waals surface area contributed by atoms with E-state index in [9.17, 15) is 0 Å². The van der Waals surface area contributed by atoms with Crippen LogP contribution in [-0.4, -0.2) is 29.2 Å². The van der Waals surface area contributed by atoms with E-state index in [-0.39, 0.29) is 17.5 Å². The summed E-state index contributed by atoms with van der Waals surface area (Å²) >= 11 is 5.83. The SMILES string of the molecule is COC1CC(Nc2cc(Cl)nc(N)n2)C1(C)C. The molecule has 2 atom stereocenters. The Labute approximate surface area is 106 Å². The number of hydrogen-bond acceptors (Lipinski definition) is 5. The maximum Gasteiger partial charge on any atom is 0.223 e. The van der Waals surface area contributed by atoms with Crippen molar-refractivity contribution in [1.29, 1.82) is 0 Å². The van der Waals surface area contributed by atoms with Crippen molar-refractivity contribution in [2.24, 2.45) is 5.41 Å². The van der Waals surface area contributed by atoms with E-state index >= 15 is 0 Å². The molecule has 1 fully saturated rings. The van der Waals surface area contributed by atoms with Crippen molar-refractivity contribution in [1.82, 2.24) is 9.97 Å². The fourth-order valence-corrected chi connectivity index (χ4v) is 2.41.